The van der Waals surface area contributed by atoms with Crippen LogP contribution in [0.2, 0.25) is 0 Å². The summed E-state index contributed by atoms with van der Waals surface area (Å²) in [5.74, 6) is -0.953. The lowest BCUT2D eigenvalue weighted by atomic mass is 10.1. The van der Waals surface area contributed by atoms with Gasteiger partial charge in [-0.2, -0.15) is 0 Å². The second-order valence-electron chi connectivity index (χ2n) is 5.06. The molecule has 2 rings (SSSR count). The highest BCUT2D eigenvalue weighted by molar-refractivity contribution is 15.0. The van der Waals surface area contributed by atoms with Crippen LogP contribution in [-0.4, -0.2) is 29.1 Å². The molecule has 0 radical (unpaired) electrons. The Labute approximate surface area is 221 Å². The normalized spacial score (nSPS) is 9.11. The number of methoxy groups -OCH3 is 1. The highest BCUT2D eigenvalue weighted by Gasteiger charge is 2.08. The van der Waals surface area contributed by atoms with E-state index in [0.717, 1.165) is 20.1 Å². The first-order valence-electron chi connectivity index (χ1n) is 7.35. The highest BCUT2D eigenvalue weighted by atomic mass is 128. The van der Waals surface area contributed by atoms with Gasteiger partial charge >= 0.3 is 5.97 Å². The minimum atomic E-state index is -1.02. The zero-order chi connectivity index (χ0) is 21.0. The van der Waals surface area contributed by atoms with Gasteiger partial charge in [-0.3, -0.25) is 4.79 Å². The molecule has 0 heterocycles. The Morgan fingerprint density at radius 2 is 1.46 bits per heavy atom. The van der Waals surface area contributed by atoms with Crippen LogP contribution in [-0.2, 0) is 18.0 Å². The molecule has 0 aliphatic heterocycles. The number of benzene rings is 2. The third-order valence-electron chi connectivity index (χ3n) is 3.21. The van der Waals surface area contributed by atoms with Crippen LogP contribution in [0, 0.1) is 0 Å². The summed E-state index contributed by atoms with van der Waals surface area (Å²) < 4.78 is 6.72. The summed E-state index contributed by atoms with van der Waals surface area (Å²) in [6, 6.07) is 10.2. The molecule has 10 heteroatoms. The molecule has 156 valence electrons. The number of hydrogen-bond donors (Lipinski definition) is 2. The monoisotopic (exact) mass is 854 g/mol. The van der Waals surface area contributed by atoms with Crippen LogP contribution in [0.3, 0.4) is 0 Å². The zero-order valence-electron chi connectivity index (χ0n) is 14.9. The predicted octanol–water partition coefficient (Wildman–Crippen LogP) is 6.83. The molecule has 0 saturated carbocycles. The quantitative estimate of drug-likeness (QED) is 0.255. The Morgan fingerprint density at radius 3 is 1.86 bits per heavy atom. The summed E-state index contributed by atoms with van der Waals surface area (Å²) >= 11 is 10.8. The van der Waals surface area contributed by atoms with Crippen LogP contribution < -0.4 is 0 Å². The molecule has 2 aromatic rings. The molecule has 0 atom stereocenters. The zero-order valence-corrected chi connectivity index (χ0v) is 24.7. The minimum Gasteiger partial charge on any atom is -0.478 e. The average molecular weight is 856 g/mol. The van der Waals surface area contributed by atoms with Crippen molar-refractivity contribution in [2.45, 2.75) is 20.1 Å². The lowest BCUT2D eigenvalue weighted by molar-refractivity contribution is 0.0693. The number of carbonyl (C=O) groups excluding carboxylic acids is 1. The maximum atomic E-state index is 11.2. The Morgan fingerprint density at radius 1 is 1.00 bits per heavy atom. The van der Waals surface area contributed by atoms with Gasteiger partial charge in [0.25, 0.3) is 0 Å². The number of halogens is 5. The lowest BCUT2D eigenvalue weighted by Crippen LogP contribution is -2.01. The molecular formula is C18H19Br2I3O5. The number of carboxylic acids is 1. The molecule has 0 aliphatic carbocycles. The fraction of sp³-hybridized carbons (Fsp3) is 0.222. The molecule has 0 spiro atoms. The first kappa shape index (κ1) is 30.8. The number of rotatable bonds is 5. The van der Waals surface area contributed by atoms with Gasteiger partial charge in [0.1, 0.15) is 0 Å². The van der Waals surface area contributed by atoms with Crippen molar-refractivity contribution in [3.63, 3.8) is 0 Å². The largest absolute Gasteiger partial charge is 0.478 e. The molecule has 0 unspecified atom stereocenters. The third kappa shape index (κ3) is 11.2. The molecule has 0 fully saturated rings. The Balaban J connectivity index is 0. The SMILES string of the molecule is COCc1cc(Br)ccc1C(C)=O.I.II.O=C(O)c1ccc(Br)cc1CO. The predicted molar refractivity (Wildman–Crippen MR) is 145 cm³/mol. The van der Waals surface area contributed by atoms with Crippen molar-refractivity contribution < 1.29 is 24.5 Å². The first-order chi connectivity index (χ1) is 12.8. The van der Waals surface area contributed by atoms with E-state index in [1.54, 1.807) is 32.2 Å². The summed E-state index contributed by atoms with van der Waals surface area (Å²) in [7, 11) is 1.62. The van der Waals surface area contributed by atoms with E-state index in [4.69, 9.17) is 14.9 Å². The van der Waals surface area contributed by atoms with Gasteiger partial charge in [0.2, 0.25) is 0 Å². The Kier molecular flexibility index (Phi) is 19.1. The van der Waals surface area contributed by atoms with Crippen LogP contribution in [0.4, 0.5) is 0 Å². The smallest absolute Gasteiger partial charge is 0.336 e. The van der Waals surface area contributed by atoms with Gasteiger partial charge in [-0.05, 0) is 54.4 Å². The van der Waals surface area contributed by atoms with Gasteiger partial charge in [-0.1, -0.05) is 31.9 Å². The summed E-state index contributed by atoms with van der Waals surface area (Å²) in [5, 5.41) is 17.5. The maximum Gasteiger partial charge on any atom is 0.336 e. The van der Waals surface area contributed by atoms with E-state index < -0.39 is 5.97 Å². The van der Waals surface area contributed by atoms with Gasteiger partial charge in [0.15, 0.2) is 5.78 Å². The molecule has 0 aromatic heterocycles. The fourth-order valence-electron chi connectivity index (χ4n) is 2.08. The molecule has 2 aromatic carbocycles. The molecule has 28 heavy (non-hydrogen) atoms. The Bertz CT molecular complexity index is 773. The lowest BCUT2D eigenvalue weighted by Gasteiger charge is -2.05. The van der Waals surface area contributed by atoms with Gasteiger partial charge in [0, 0.05) is 58.9 Å². The van der Waals surface area contributed by atoms with Crippen molar-refractivity contribution in [2.75, 3.05) is 7.11 Å². The Hall–Kier alpha value is 0.650. The number of carbonyl (C=O) groups is 2. The van der Waals surface area contributed by atoms with Crippen molar-refractivity contribution in [2.24, 2.45) is 0 Å². The highest BCUT2D eigenvalue weighted by Crippen LogP contribution is 2.18. The van der Waals surface area contributed by atoms with Gasteiger partial charge in [0.05, 0.1) is 18.8 Å². The number of Topliss-reactive ketones (excluding diaryl/α,β-unsaturated/α-hetero) is 1. The van der Waals surface area contributed by atoms with Gasteiger partial charge in [-0.25, -0.2) is 4.79 Å². The van der Waals surface area contributed by atoms with E-state index in [-0.39, 0.29) is 41.9 Å². The van der Waals surface area contributed by atoms with Crippen molar-refractivity contribution >= 4 is 105 Å². The van der Waals surface area contributed by atoms with E-state index in [0.29, 0.717) is 12.2 Å². The third-order valence-corrected chi connectivity index (χ3v) is 4.20. The number of carboxylic acid groups (broad SMARTS) is 1. The first-order valence-corrected chi connectivity index (χ1v) is 15.2. The van der Waals surface area contributed by atoms with Crippen molar-refractivity contribution in [1.82, 2.24) is 0 Å². The van der Waals surface area contributed by atoms with E-state index in [1.807, 2.05) is 12.1 Å². The summed E-state index contributed by atoms with van der Waals surface area (Å²) in [4.78, 5) is 21.7. The van der Waals surface area contributed by atoms with Crippen molar-refractivity contribution in [3.05, 3.63) is 67.6 Å². The molecule has 0 saturated heterocycles. The number of ketones is 1. The molecule has 0 aliphatic rings. The van der Waals surface area contributed by atoms with Crippen molar-refractivity contribution in [3.8, 4) is 0 Å². The van der Waals surface area contributed by atoms with Crippen LogP contribution in [0.25, 0.3) is 0 Å². The van der Waals surface area contributed by atoms with Crippen molar-refractivity contribution in [1.29, 1.82) is 0 Å². The number of aromatic carboxylic acids is 1. The molecule has 5 nitrogen and oxygen atoms in total. The maximum absolute atomic E-state index is 11.2. The summed E-state index contributed by atoms with van der Waals surface area (Å²) in [6.07, 6.45) is 0. The van der Waals surface area contributed by atoms with Crippen LogP contribution in [0.5, 0.6) is 0 Å². The fourth-order valence-corrected chi connectivity index (χ4v) is 2.90. The number of aliphatic hydroxyl groups is 1. The second kappa shape index (κ2) is 17.3. The average Bonchev–Trinajstić information content (AvgIpc) is 2.63. The van der Waals surface area contributed by atoms with E-state index in [9.17, 15) is 9.59 Å². The minimum absolute atomic E-state index is 0. The van der Waals surface area contributed by atoms with Crippen LogP contribution in [0.15, 0.2) is 45.3 Å². The number of ether oxygens (including phenoxy) is 1. The molecule has 0 amide bonds. The van der Waals surface area contributed by atoms with E-state index in [1.165, 1.54) is 6.07 Å². The summed E-state index contributed by atoms with van der Waals surface area (Å²) in [5.41, 5.74) is 2.20. The van der Waals surface area contributed by atoms with Crippen LogP contribution >= 0.6 is 93.1 Å². The topological polar surface area (TPSA) is 83.8 Å². The van der Waals surface area contributed by atoms with Gasteiger partial charge < -0.3 is 14.9 Å². The summed E-state index contributed by atoms with van der Waals surface area (Å²) in [6.45, 7) is 1.76. The second-order valence-corrected chi connectivity index (χ2v) is 6.89. The number of hydrogen-bond acceptors (Lipinski definition) is 4. The molecular weight excluding hydrogens is 837 g/mol. The van der Waals surface area contributed by atoms with E-state index >= 15 is 0 Å². The van der Waals surface area contributed by atoms with Crippen LogP contribution in [0.1, 0.15) is 38.8 Å². The van der Waals surface area contributed by atoms with Gasteiger partial charge in [-0.15, -0.1) is 24.0 Å². The standard InChI is InChI=1S/C10H11BrO2.C8H7BrO3.I2.HI/c1-7(12)10-4-3-9(11)5-8(10)6-13-2;9-6-1-2-7(8(11)12)5(3-6)4-10;1-2;/h3-5H,6H2,1-2H3;1-3,10H,4H2,(H,11,12);;1H. The number of aliphatic hydroxyl groups excluding tert-OH is 1. The molecule has 2 N–H and O–H groups in total. The molecule has 0 bridgehead atoms. The van der Waals surface area contributed by atoms with E-state index in [2.05, 4.69) is 69.1 Å².